The van der Waals surface area contributed by atoms with Gasteiger partial charge in [-0.05, 0) is 45.5 Å². The van der Waals surface area contributed by atoms with E-state index in [9.17, 15) is 0 Å². The van der Waals surface area contributed by atoms with E-state index >= 15 is 0 Å². The van der Waals surface area contributed by atoms with E-state index in [1.165, 1.54) is 5.56 Å². The maximum Gasteiger partial charge on any atom is 0.120 e. The third-order valence-corrected chi connectivity index (χ3v) is 2.16. The molecule has 78 valence electrons. The lowest BCUT2D eigenvalue weighted by atomic mass is 10.1. The van der Waals surface area contributed by atoms with Crippen molar-refractivity contribution < 1.29 is 4.74 Å². The molecule has 0 aliphatic rings. The maximum absolute atomic E-state index is 5.62. The molecule has 0 spiro atoms. The summed E-state index contributed by atoms with van der Waals surface area (Å²) in [4.78, 5) is 0. The van der Waals surface area contributed by atoms with Crippen LogP contribution in [0.5, 0.6) is 5.75 Å². The van der Waals surface area contributed by atoms with Crippen LogP contribution in [0.4, 0.5) is 0 Å². The second-order valence-corrected chi connectivity index (χ2v) is 3.75. The topological polar surface area (TPSA) is 21.3 Å². The van der Waals surface area contributed by atoms with Gasteiger partial charge < -0.3 is 10.1 Å². The number of ether oxygens (including phenoxy) is 1. The lowest BCUT2D eigenvalue weighted by Crippen LogP contribution is -2.12. The van der Waals surface area contributed by atoms with Crippen molar-refractivity contribution in [1.82, 2.24) is 5.32 Å². The zero-order valence-corrected chi connectivity index (χ0v) is 9.37. The SMILES string of the molecule is CN[C@@H](C)c1cccc(OC(C)C)c1. The Balaban J connectivity index is 2.78. The highest BCUT2D eigenvalue weighted by Crippen LogP contribution is 2.19. The summed E-state index contributed by atoms with van der Waals surface area (Å²) in [6.45, 7) is 6.21. The molecule has 0 aromatic heterocycles. The van der Waals surface area contributed by atoms with Gasteiger partial charge in [-0.1, -0.05) is 12.1 Å². The molecule has 14 heavy (non-hydrogen) atoms. The van der Waals surface area contributed by atoms with Gasteiger partial charge in [-0.3, -0.25) is 0 Å². The first-order valence-corrected chi connectivity index (χ1v) is 5.07. The molecule has 0 fully saturated rings. The summed E-state index contributed by atoms with van der Waals surface area (Å²) in [5.74, 6) is 0.944. The van der Waals surface area contributed by atoms with Gasteiger partial charge in [0.15, 0.2) is 0 Å². The fourth-order valence-corrected chi connectivity index (χ4v) is 1.30. The maximum atomic E-state index is 5.62. The third kappa shape index (κ3) is 3.04. The molecule has 1 aromatic carbocycles. The highest BCUT2D eigenvalue weighted by atomic mass is 16.5. The minimum Gasteiger partial charge on any atom is -0.491 e. The first kappa shape index (κ1) is 11.1. The quantitative estimate of drug-likeness (QED) is 0.794. The van der Waals surface area contributed by atoms with Crippen molar-refractivity contribution in [2.75, 3.05) is 7.05 Å². The summed E-state index contributed by atoms with van der Waals surface area (Å²) in [6.07, 6.45) is 0.232. The van der Waals surface area contributed by atoms with Crippen molar-refractivity contribution in [2.24, 2.45) is 0 Å². The van der Waals surface area contributed by atoms with Crippen molar-refractivity contribution in [3.05, 3.63) is 29.8 Å². The van der Waals surface area contributed by atoms with Gasteiger partial charge in [-0.15, -0.1) is 0 Å². The van der Waals surface area contributed by atoms with E-state index in [0.717, 1.165) is 5.75 Å². The van der Waals surface area contributed by atoms with E-state index in [1.54, 1.807) is 0 Å². The Morgan fingerprint density at radius 3 is 2.50 bits per heavy atom. The Hall–Kier alpha value is -1.02. The molecule has 0 aliphatic heterocycles. The first-order valence-electron chi connectivity index (χ1n) is 5.07. The van der Waals surface area contributed by atoms with Crippen molar-refractivity contribution in [3.63, 3.8) is 0 Å². The molecule has 0 heterocycles. The molecule has 0 bridgehead atoms. The van der Waals surface area contributed by atoms with Crippen molar-refractivity contribution in [3.8, 4) is 5.75 Å². The predicted molar refractivity (Wildman–Crippen MR) is 59.7 cm³/mol. The number of rotatable bonds is 4. The molecule has 0 unspecified atom stereocenters. The number of nitrogens with one attached hydrogen (secondary N) is 1. The van der Waals surface area contributed by atoms with Crippen LogP contribution in [0.15, 0.2) is 24.3 Å². The van der Waals surface area contributed by atoms with E-state index in [0.29, 0.717) is 6.04 Å². The molecule has 0 amide bonds. The summed E-state index contributed by atoms with van der Waals surface area (Å²) >= 11 is 0. The second-order valence-electron chi connectivity index (χ2n) is 3.75. The third-order valence-electron chi connectivity index (χ3n) is 2.16. The van der Waals surface area contributed by atoms with Gasteiger partial charge in [0, 0.05) is 6.04 Å². The van der Waals surface area contributed by atoms with E-state index < -0.39 is 0 Å². The summed E-state index contributed by atoms with van der Waals surface area (Å²) in [5, 5.41) is 3.21. The van der Waals surface area contributed by atoms with Crippen LogP contribution < -0.4 is 10.1 Å². The normalized spacial score (nSPS) is 12.9. The molecular formula is C12H19NO. The Morgan fingerprint density at radius 1 is 1.21 bits per heavy atom. The van der Waals surface area contributed by atoms with Gasteiger partial charge >= 0.3 is 0 Å². The van der Waals surface area contributed by atoms with Crippen LogP contribution in [0.1, 0.15) is 32.4 Å². The molecule has 1 aromatic rings. The van der Waals surface area contributed by atoms with E-state index in [1.807, 2.05) is 33.0 Å². The molecule has 0 radical (unpaired) electrons. The van der Waals surface area contributed by atoms with Crippen LogP contribution in [-0.2, 0) is 0 Å². The van der Waals surface area contributed by atoms with E-state index in [4.69, 9.17) is 4.74 Å². The molecule has 0 aliphatic carbocycles. The lowest BCUT2D eigenvalue weighted by molar-refractivity contribution is 0.242. The van der Waals surface area contributed by atoms with Crippen molar-refractivity contribution in [2.45, 2.75) is 32.9 Å². The fourth-order valence-electron chi connectivity index (χ4n) is 1.30. The summed E-state index contributed by atoms with van der Waals surface area (Å²) in [7, 11) is 1.96. The second kappa shape index (κ2) is 5.01. The molecule has 2 nitrogen and oxygen atoms in total. The van der Waals surface area contributed by atoms with Crippen LogP contribution >= 0.6 is 0 Å². The summed E-state index contributed by atoms with van der Waals surface area (Å²) in [6, 6.07) is 8.58. The number of hydrogen-bond acceptors (Lipinski definition) is 2. The van der Waals surface area contributed by atoms with Gasteiger partial charge in [-0.25, -0.2) is 0 Å². The Bertz CT molecular complexity index is 283. The highest BCUT2D eigenvalue weighted by Gasteiger charge is 2.04. The van der Waals surface area contributed by atoms with E-state index in [-0.39, 0.29) is 6.10 Å². The van der Waals surface area contributed by atoms with Crippen molar-refractivity contribution >= 4 is 0 Å². The molecule has 1 rings (SSSR count). The van der Waals surface area contributed by atoms with Crippen LogP contribution in [0.2, 0.25) is 0 Å². The standard InChI is InChI=1S/C12H19NO/c1-9(2)14-12-7-5-6-11(8-12)10(3)13-4/h5-10,13H,1-4H3/t10-/m0/s1. The monoisotopic (exact) mass is 193 g/mol. The Morgan fingerprint density at radius 2 is 1.93 bits per heavy atom. The van der Waals surface area contributed by atoms with Crippen molar-refractivity contribution in [1.29, 1.82) is 0 Å². The molecule has 1 atom stereocenters. The average molecular weight is 193 g/mol. The number of hydrogen-bond donors (Lipinski definition) is 1. The minimum absolute atomic E-state index is 0.232. The largest absolute Gasteiger partial charge is 0.491 e. The molecule has 2 heteroatoms. The smallest absolute Gasteiger partial charge is 0.120 e. The Labute approximate surface area is 86.3 Å². The molecule has 0 saturated carbocycles. The van der Waals surface area contributed by atoms with Crippen LogP contribution in [0.3, 0.4) is 0 Å². The van der Waals surface area contributed by atoms with Gasteiger partial charge in [0.2, 0.25) is 0 Å². The zero-order valence-electron chi connectivity index (χ0n) is 9.37. The van der Waals surface area contributed by atoms with Crippen LogP contribution in [0, 0.1) is 0 Å². The van der Waals surface area contributed by atoms with Crippen LogP contribution in [0.25, 0.3) is 0 Å². The highest BCUT2D eigenvalue weighted by molar-refractivity contribution is 5.30. The van der Waals surface area contributed by atoms with Gasteiger partial charge in [0.1, 0.15) is 5.75 Å². The Kier molecular flexibility index (Phi) is 3.96. The fraction of sp³-hybridized carbons (Fsp3) is 0.500. The molecule has 1 N–H and O–H groups in total. The molecular weight excluding hydrogens is 174 g/mol. The van der Waals surface area contributed by atoms with Crippen LogP contribution in [-0.4, -0.2) is 13.2 Å². The first-order chi connectivity index (χ1) is 6.63. The van der Waals surface area contributed by atoms with Gasteiger partial charge in [-0.2, -0.15) is 0 Å². The van der Waals surface area contributed by atoms with E-state index in [2.05, 4.69) is 24.4 Å². The zero-order chi connectivity index (χ0) is 10.6. The average Bonchev–Trinajstić information content (AvgIpc) is 2.16. The lowest BCUT2D eigenvalue weighted by Gasteiger charge is -2.14. The minimum atomic E-state index is 0.232. The summed E-state index contributed by atoms with van der Waals surface area (Å²) in [5.41, 5.74) is 1.26. The molecule has 0 saturated heterocycles. The van der Waals surface area contributed by atoms with Gasteiger partial charge in [0.05, 0.1) is 6.10 Å². The predicted octanol–water partition coefficient (Wildman–Crippen LogP) is 2.75. The summed E-state index contributed by atoms with van der Waals surface area (Å²) < 4.78 is 5.62. The number of benzene rings is 1. The van der Waals surface area contributed by atoms with Gasteiger partial charge in [0.25, 0.3) is 0 Å².